The van der Waals surface area contributed by atoms with Crippen LogP contribution in [0.4, 0.5) is 0 Å². The van der Waals surface area contributed by atoms with Crippen LogP contribution < -0.4 is 9.47 Å². The second kappa shape index (κ2) is 5.75. The molecule has 0 aromatic heterocycles. The summed E-state index contributed by atoms with van der Waals surface area (Å²) in [6, 6.07) is 6.50. The number of benzene rings is 1. The highest BCUT2D eigenvalue weighted by atomic mass is 16.6. The number of ether oxygens (including phenoxy) is 3. The summed E-state index contributed by atoms with van der Waals surface area (Å²) in [6.45, 7) is 0.835. The summed E-state index contributed by atoms with van der Waals surface area (Å²) in [5.41, 5.74) is 0. The summed E-state index contributed by atoms with van der Waals surface area (Å²) < 4.78 is 14.3. The van der Waals surface area contributed by atoms with E-state index in [4.69, 9.17) is 9.47 Å². The molecule has 0 heterocycles. The molecule has 0 fully saturated rings. The van der Waals surface area contributed by atoms with Gasteiger partial charge in [0, 0.05) is 6.92 Å². The predicted octanol–water partition coefficient (Wildman–Crippen LogP) is 1.16. The van der Waals surface area contributed by atoms with Crippen molar-refractivity contribution in [3.63, 3.8) is 0 Å². The molecule has 0 saturated heterocycles. The molecule has 5 nitrogen and oxygen atoms in total. The summed E-state index contributed by atoms with van der Waals surface area (Å²) in [5.74, 6) is -0.107. The van der Waals surface area contributed by atoms with E-state index in [1.54, 1.807) is 31.4 Å². The molecule has 0 saturated carbocycles. The van der Waals surface area contributed by atoms with Crippen molar-refractivity contribution in [1.82, 2.24) is 0 Å². The summed E-state index contributed by atoms with van der Waals surface area (Å²) in [4.78, 5) is 21.6. The van der Waals surface area contributed by atoms with Crippen LogP contribution in [0.2, 0.25) is 0 Å². The van der Waals surface area contributed by atoms with Crippen molar-refractivity contribution in [3.8, 4) is 11.5 Å². The van der Waals surface area contributed by atoms with Crippen LogP contribution in [0, 0.1) is 0 Å². The van der Waals surface area contributed by atoms with Crippen LogP contribution >= 0.6 is 0 Å². The van der Waals surface area contributed by atoms with E-state index in [2.05, 4.69) is 4.74 Å². The highest BCUT2D eigenvalue weighted by molar-refractivity contribution is 5.77. The topological polar surface area (TPSA) is 61.8 Å². The molecule has 1 aromatic rings. The van der Waals surface area contributed by atoms with Crippen LogP contribution in [0.25, 0.3) is 0 Å². The molecule has 1 rings (SSSR count). The van der Waals surface area contributed by atoms with Crippen molar-refractivity contribution >= 4 is 11.9 Å². The summed E-state index contributed by atoms with van der Waals surface area (Å²) in [6.07, 6.45) is 0. The van der Waals surface area contributed by atoms with Crippen molar-refractivity contribution in [2.45, 2.75) is 6.92 Å². The van der Waals surface area contributed by atoms with Crippen molar-refractivity contribution < 1.29 is 23.8 Å². The van der Waals surface area contributed by atoms with Crippen LogP contribution in [0.3, 0.4) is 0 Å². The molecule has 1 aromatic carbocycles. The third-order valence-corrected chi connectivity index (χ3v) is 1.68. The molecule has 0 radical (unpaired) electrons. The molecule has 86 valence electrons. The van der Waals surface area contributed by atoms with Gasteiger partial charge in [-0.1, -0.05) is 0 Å². The van der Waals surface area contributed by atoms with Crippen LogP contribution in [-0.2, 0) is 14.3 Å². The quantitative estimate of drug-likeness (QED) is 0.567. The Hall–Kier alpha value is -2.04. The minimum Gasteiger partial charge on any atom is -0.497 e. The lowest BCUT2D eigenvalue weighted by Crippen LogP contribution is -2.17. The van der Waals surface area contributed by atoms with E-state index in [0.29, 0.717) is 11.5 Å². The van der Waals surface area contributed by atoms with Gasteiger partial charge in [-0.2, -0.15) is 0 Å². The fourth-order valence-corrected chi connectivity index (χ4v) is 0.965. The monoisotopic (exact) mass is 224 g/mol. The molecule has 0 unspecified atom stereocenters. The van der Waals surface area contributed by atoms with Gasteiger partial charge < -0.3 is 14.2 Å². The van der Waals surface area contributed by atoms with Gasteiger partial charge in [0.1, 0.15) is 11.5 Å². The van der Waals surface area contributed by atoms with Crippen LogP contribution in [0.1, 0.15) is 6.92 Å². The van der Waals surface area contributed by atoms with Crippen LogP contribution in [-0.4, -0.2) is 25.7 Å². The van der Waals surface area contributed by atoms with Crippen LogP contribution in [0.5, 0.6) is 11.5 Å². The van der Waals surface area contributed by atoms with E-state index < -0.39 is 11.9 Å². The third kappa shape index (κ3) is 4.00. The van der Waals surface area contributed by atoms with Gasteiger partial charge in [0.25, 0.3) is 0 Å². The average Bonchev–Trinajstić information content (AvgIpc) is 2.27. The number of carbonyl (C=O) groups excluding carboxylic acids is 2. The van der Waals surface area contributed by atoms with E-state index in [1.165, 1.54) is 6.92 Å². The lowest BCUT2D eigenvalue weighted by Gasteiger charge is -2.05. The molecule has 0 aliphatic heterocycles. The van der Waals surface area contributed by atoms with Crippen molar-refractivity contribution in [1.29, 1.82) is 0 Å². The van der Waals surface area contributed by atoms with E-state index in [0.717, 1.165) is 0 Å². The zero-order valence-corrected chi connectivity index (χ0v) is 9.06. The number of methoxy groups -OCH3 is 1. The minimum absolute atomic E-state index is 0.373. The van der Waals surface area contributed by atoms with E-state index in [1.807, 2.05) is 0 Å². The SMILES string of the molecule is COc1ccc(OC(=O)COC(C)=O)cc1. The Bertz CT molecular complexity index is 368. The molecule has 0 aliphatic carbocycles. The van der Waals surface area contributed by atoms with Gasteiger partial charge >= 0.3 is 11.9 Å². The lowest BCUT2D eigenvalue weighted by molar-refractivity contribution is -0.152. The van der Waals surface area contributed by atoms with Gasteiger partial charge in [0.15, 0.2) is 6.61 Å². The van der Waals surface area contributed by atoms with E-state index in [9.17, 15) is 9.59 Å². The second-order valence-corrected chi connectivity index (χ2v) is 2.93. The fourth-order valence-electron chi connectivity index (χ4n) is 0.965. The van der Waals surface area contributed by atoms with E-state index in [-0.39, 0.29) is 6.61 Å². The lowest BCUT2D eigenvalue weighted by atomic mass is 10.3. The minimum atomic E-state index is -0.625. The Balaban J connectivity index is 2.46. The number of carbonyl (C=O) groups is 2. The molecule has 0 atom stereocenters. The highest BCUT2D eigenvalue weighted by Crippen LogP contribution is 2.16. The number of esters is 2. The number of hydrogen-bond donors (Lipinski definition) is 0. The van der Waals surface area contributed by atoms with Crippen molar-refractivity contribution in [3.05, 3.63) is 24.3 Å². The first-order valence-electron chi connectivity index (χ1n) is 4.60. The molecule has 5 heteroatoms. The van der Waals surface area contributed by atoms with Crippen LogP contribution in [0.15, 0.2) is 24.3 Å². The van der Waals surface area contributed by atoms with Gasteiger partial charge in [-0.25, -0.2) is 4.79 Å². The van der Waals surface area contributed by atoms with Gasteiger partial charge in [-0.05, 0) is 24.3 Å². The molecule has 0 amide bonds. The molecule has 0 spiro atoms. The Labute approximate surface area is 92.9 Å². The largest absolute Gasteiger partial charge is 0.497 e. The van der Waals surface area contributed by atoms with Gasteiger partial charge in [-0.15, -0.1) is 0 Å². The maximum Gasteiger partial charge on any atom is 0.349 e. The maximum atomic E-state index is 11.1. The average molecular weight is 224 g/mol. The molecule has 0 aliphatic rings. The zero-order chi connectivity index (χ0) is 12.0. The fraction of sp³-hybridized carbons (Fsp3) is 0.273. The Morgan fingerprint density at radius 2 is 1.69 bits per heavy atom. The van der Waals surface area contributed by atoms with Gasteiger partial charge in [0.05, 0.1) is 7.11 Å². The summed E-state index contributed by atoms with van der Waals surface area (Å²) in [5, 5.41) is 0. The summed E-state index contributed by atoms with van der Waals surface area (Å²) in [7, 11) is 1.54. The first kappa shape index (κ1) is 12.0. The molecule has 0 N–H and O–H groups in total. The molecular weight excluding hydrogens is 212 g/mol. The second-order valence-electron chi connectivity index (χ2n) is 2.93. The zero-order valence-electron chi connectivity index (χ0n) is 9.06. The number of rotatable bonds is 4. The van der Waals surface area contributed by atoms with Crippen molar-refractivity contribution in [2.24, 2.45) is 0 Å². The number of hydrogen-bond acceptors (Lipinski definition) is 5. The normalized spacial score (nSPS) is 9.38. The Morgan fingerprint density at radius 1 is 1.12 bits per heavy atom. The van der Waals surface area contributed by atoms with Gasteiger partial charge in [-0.3, -0.25) is 4.79 Å². The summed E-state index contributed by atoms with van der Waals surface area (Å²) >= 11 is 0. The van der Waals surface area contributed by atoms with Gasteiger partial charge in [0.2, 0.25) is 0 Å². The van der Waals surface area contributed by atoms with E-state index >= 15 is 0 Å². The smallest absolute Gasteiger partial charge is 0.349 e. The molecule has 0 bridgehead atoms. The molecular formula is C11H12O5. The Kier molecular flexibility index (Phi) is 4.32. The standard InChI is InChI=1S/C11H12O5/c1-8(12)15-7-11(13)16-10-5-3-9(14-2)4-6-10/h3-6H,7H2,1-2H3. The Morgan fingerprint density at radius 3 is 2.19 bits per heavy atom. The maximum absolute atomic E-state index is 11.1. The highest BCUT2D eigenvalue weighted by Gasteiger charge is 2.06. The third-order valence-electron chi connectivity index (χ3n) is 1.68. The first-order chi connectivity index (χ1) is 7.61. The molecule has 16 heavy (non-hydrogen) atoms. The first-order valence-corrected chi connectivity index (χ1v) is 4.60. The van der Waals surface area contributed by atoms with Crippen molar-refractivity contribution in [2.75, 3.05) is 13.7 Å². The predicted molar refractivity (Wildman–Crippen MR) is 55.3 cm³/mol.